The average molecular weight is 258 g/mol. The second-order valence-corrected chi connectivity index (χ2v) is 5.16. The first-order chi connectivity index (χ1) is 7.92. The Bertz CT molecular complexity index is 440. The first kappa shape index (κ1) is 12.3. The minimum atomic E-state index is -0.343. The van der Waals surface area contributed by atoms with E-state index in [2.05, 4.69) is 0 Å². The van der Waals surface area contributed by atoms with Crippen molar-refractivity contribution < 1.29 is 14.2 Å². The van der Waals surface area contributed by atoms with Gasteiger partial charge < -0.3 is 19.9 Å². The molecule has 2 rings (SSSR count). The van der Waals surface area contributed by atoms with Crippen LogP contribution in [-0.4, -0.2) is 19.4 Å². The van der Waals surface area contributed by atoms with Crippen LogP contribution < -0.4 is 19.9 Å². The molecule has 0 atom stereocenters. The molecule has 0 aromatic heterocycles. The molecule has 0 saturated carbocycles. The van der Waals surface area contributed by atoms with E-state index < -0.39 is 0 Å². The number of halogens is 1. The highest BCUT2D eigenvalue weighted by Gasteiger charge is 2.26. The number of rotatable bonds is 3. The molecule has 5 heteroatoms. The monoisotopic (exact) mass is 257 g/mol. The Morgan fingerprint density at radius 3 is 2.76 bits per heavy atom. The van der Waals surface area contributed by atoms with Gasteiger partial charge in [0.2, 0.25) is 6.79 Å². The van der Waals surface area contributed by atoms with Crippen molar-refractivity contribution in [3.63, 3.8) is 0 Å². The van der Waals surface area contributed by atoms with Gasteiger partial charge in [-0.15, -0.1) is 0 Å². The SMILES string of the molecule is COc1c(CC(C)(C)N)cc2c(c1Cl)OCO2. The van der Waals surface area contributed by atoms with E-state index in [-0.39, 0.29) is 12.3 Å². The Labute approximate surface area is 106 Å². The molecule has 1 aliphatic rings. The molecular weight excluding hydrogens is 242 g/mol. The highest BCUT2D eigenvalue weighted by molar-refractivity contribution is 6.34. The molecule has 0 bridgehead atoms. The maximum Gasteiger partial charge on any atom is 0.231 e. The van der Waals surface area contributed by atoms with E-state index in [4.69, 9.17) is 31.5 Å². The van der Waals surface area contributed by atoms with Crippen molar-refractivity contribution in [1.82, 2.24) is 0 Å². The molecule has 0 radical (unpaired) electrons. The van der Waals surface area contributed by atoms with Crippen LogP contribution in [0.25, 0.3) is 0 Å². The summed E-state index contributed by atoms with van der Waals surface area (Å²) in [5.74, 6) is 1.80. The summed E-state index contributed by atoms with van der Waals surface area (Å²) in [7, 11) is 1.58. The Morgan fingerprint density at radius 1 is 1.47 bits per heavy atom. The maximum absolute atomic E-state index is 6.22. The fourth-order valence-corrected chi connectivity index (χ4v) is 2.22. The molecule has 0 spiro atoms. The zero-order chi connectivity index (χ0) is 12.6. The van der Waals surface area contributed by atoms with E-state index in [1.54, 1.807) is 7.11 Å². The third-order valence-electron chi connectivity index (χ3n) is 2.49. The minimum absolute atomic E-state index is 0.188. The van der Waals surface area contributed by atoms with E-state index >= 15 is 0 Å². The van der Waals surface area contributed by atoms with Gasteiger partial charge in [0.05, 0.1) is 7.11 Å². The number of ether oxygens (including phenoxy) is 3. The molecule has 0 saturated heterocycles. The predicted octanol–water partition coefficient (Wildman–Crippen LogP) is 2.36. The number of hydrogen-bond acceptors (Lipinski definition) is 4. The highest BCUT2D eigenvalue weighted by Crippen LogP contribution is 2.47. The van der Waals surface area contributed by atoms with Gasteiger partial charge in [0.25, 0.3) is 0 Å². The first-order valence-electron chi connectivity index (χ1n) is 5.36. The number of hydrogen-bond donors (Lipinski definition) is 1. The van der Waals surface area contributed by atoms with Gasteiger partial charge in [-0.3, -0.25) is 0 Å². The molecule has 4 nitrogen and oxygen atoms in total. The van der Waals surface area contributed by atoms with Crippen molar-refractivity contribution in [2.24, 2.45) is 5.73 Å². The summed E-state index contributed by atoms with van der Waals surface area (Å²) in [6.07, 6.45) is 0.645. The average Bonchev–Trinajstić information content (AvgIpc) is 2.64. The van der Waals surface area contributed by atoms with Crippen LogP contribution in [0.2, 0.25) is 5.02 Å². The summed E-state index contributed by atoms with van der Waals surface area (Å²) >= 11 is 6.22. The second-order valence-electron chi connectivity index (χ2n) is 4.78. The molecule has 1 heterocycles. The number of fused-ring (bicyclic) bond motifs is 1. The summed E-state index contributed by atoms with van der Waals surface area (Å²) in [6.45, 7) is 4.09. The van der Waals surface area contributed by atoms with Gasteiger partial charge in [-0.25, -0.2) is 0 Å². The van der Waals surface area contributed by atoms with Crippen LogP contribution in [0.4, 0.5) is 0 Å². The zero-order valence-electron chi connectivity index (χ0n) is 10.2. The molecule has 17 heavy (non-hydrogen) atoms. The van der Waals surface area contributed by atoms with E-state index in [0.717, 1.165) is 5.56 Å². The number of benzene rings is 1. The molecular formula is C12H16ClNO3. The van der Waals surface area contributed by atoms with Crippen LogP contribution in [0, 0.1) is 0 Å². The fourth-order valence-electron chi connectivity index (χ4n) is 1.88. The van der Waals surface area contributed by atoms with Gasteiger partial charge in [0.1, 0.15) is 10.8 Å². The lowest BCUT2D eigenvalue weighted by Crippen LogP contribution is -2.34. The molecule has 1 aromatic carbocycles. The molecule has 2 N–H and O–H groups in total. The molecule has 1 aromatic rings. The molecule has 94 valence electrons. The Morgan fingerprint density at radius 2 is 2.18 bits per heavy atom. The third-order valence-corrected chi connectivity index (χ3v) is 2.83. The van der Waals surface area contributed by atoms with E-state index in [0.29, 0.717) is 28.7 Å². The molecule has 0 amide bonds. The minimum Gasteiger partial charge on any atom is -0.495 e. The summed E-state index contributed by atoms with van der Waals surface area (Å²) in [5, 5.41) is 0.446. The summed E-state index contributed by atoms with van der Waals surface area (Å²) < 4.78 is 15.9. The van der Waals surface area contributed by atoms with Crippen molar-refractivity contribution in [2.75, 3.05) is 13.9 Å². The fraction of sp³-hybridized carbons (Fsp3) is 0.500. The molecule has 0 aliphatic carbocycles. The van der Waals surface area contributed by atoms with E-state index in [1.807, 2.05) is 19.9 Å². The largest absolute Gasteiger partial charge is 0.495 e. The third kappa shape index (κ3) is 2.42. The van der Waals surface area contributed by atoms with Gasteiger partial charge in [0, 0.05) is 11.1 Å². The summed E-state index contributed by atoms with van der Waals surface area (Å²) in [4.78, 5) is 0. The van der Waals surface area contributed by atoms with E-state index in [1.165, 1.54) is 0 Å². The van der Waals surface area contributed by atoms with Crippen molar-refractivity contribution in [3.05, 3.63) is 16.7 Å². The van der Waals surface area contributed by atoms with Gasteiger partial charge >= 0.3 is 0 Å². The summed E-state index contributed by atoms with van der Waals surface area (Å²) in [6, 6.07) is 1.88. The molecule has 0 unspecified atom stereocenters. The van der Waals surface area contributed by atoms with Crippen molar-refractivity contribution in [2.45, 2.75) is 25.8 Å². The van der Waals surface area contributed by atoms with Gasteiger partial charge in [0.15, 0.2) is 11.5 Å². The Kier molecular flexibility index (Phi) is 3.10. The van der Waals surface area contributed by atoms with Gasteiger partial charge in [-0.1, -0.05) is 11.6 Å². The predicted molar refractivity (Wildman–Crippen MR) is 66.1 cm³/mol. The quantitative estimate of drug-likeness (QED) is 0.903. The summed E-state index contributed by atoms with van der Waals surface area (Å²) in [5.41, 5.74) is 6.60. The normalized spacial score (nSPS) is 13.9. The van der Waals surface area contributed by atoms with Crippen LogP contribution in [0.15, 0.2) is 6.07 Å². The maximum atomic E-state index is 6.22. The Balaban J connectivity index is 2.48. The first-order valence-corrected chi connectivity index (χ1v) is 5.74. The Hall–Kier alpha value is -1.13. The number of methoxy groups -OCH3 is 1. The highest BCUT2D eigenvalue weighted by atomic mass is 35.5. The van der Waals surface area contributed by atoms with Crippen LogP contribution in [0.3, 0.4) is 0 Å². The van der Waals surface area contributed by atoms with Crippen molar-refractivity contribution >= 4 is 11.6 Å². The van der Waals surface area contributed by atoms with Crippen molar-refractivity contribution in [1.29, 1.82) is 0 Å². The lowest BCUT2D eigenvalue weighted by molar-refractivity contribution is 0.174. The van der Waals surface area contributed by atoms with Crippen LogP contribution >= 0.6 is 11.6 Å². The van der Waals surface area contributed by atoms with Gasteiger partial charge in [-0.2, -0.15) is 0 Å². The topological polar surface area (TPSA) is 53.7 Å². The molecule has 1 aliphatic heterocycles. The molecule has 0 fully saturated rings. The standard InChI is InChI=1S/C12H16ClNO3/c1-12(2,14)5-7-4-8-11(17-6-16-8)9(13)10(7)15-3/h4H,5-6,14H2,1-3H3. The van der Waals surface area contributed by atoms with E-state index in [9.17, 15) is 0 Å². The zero-order valence-corrected chi connectivity index (χ0v) is 10.9. The van der Waals surface area contributed by atoms with Crippen LogP contribution in [0.5, 0.6) is 17.2 Å². The smallest absolute Gasteiger partial charge is 0.231 e. The lowest BCUT2D eigenvalue weighted by Gasteiger charge is -2.21. The number of nitrogens with two attached hydrogens (primary N) is 1. The second kappa shape index (κ2) is 4.27. The van der Waals surface area contributed by atoms with Crippen LogP contribution in [-0.2, 0) is 6.42 Å². The lowest BCUT2D eigenvalue weighted by atomic mass is 9.95. The van der Waals surface area contributed by atoms with Crippen LogP contribution in [0.1, 0.15) is 19.4 Å². The van der Waals surface area contributed by atoms with Gasteiger partial charge in [-0.05, 0) is 26.3 Å². The van der Waals surface area contributed by atoms with Crippen molar-refractivity contribution in [3.8, 4) is 17.2 Å².